The Kier molecular flexibility index (Phi) is 3.15. The van der Waals surface area contributed by atoms with E-state index in [1.165, 1.54) is 7.11 Å². The number of aryl methyl sites for hydroxylation is 1. The highest BCUT2D eigenvalue weighted by Crippen LogP contribution is 2.17. The van der Waals surface area contributed by atoms with Gasteiger partial charge in [0.1, 0.15) is 0 Å². The summed E-state index contributed by atoms with van der Waals surface area (Å²) in [6, 6.07) is 10.0. The third kappa shape index (κ3) is 2.19. The Morgan fingerprint density at radius 2 is 2.12 bits per heavy atom. The van der Waals surface area contributed by atoms with Crippen molar-refractivity contribution < 1.29 is 9.53 Å². The van der Waals surface area contributed by atoms with Crippen molar-refractivity contribution in [2.45, 2.75) is 12.8 Å². The van der Waals surface area contributed by atoms with E-state index in [0.717, 1.165) is 16.5 Å². The third-order valence-electron chi connectivity index (χ3n) is 2.55. The van der Waals surface area contributed by atoms with Gasteiger partial charge >= 0.3 is 5.97 Å². The molecule has 1 aromatic heterocycles. The molecule has 1 heterocycles. The number of pyridine rings is 1. The van der Waals surface area contributed by atoms with Crippen molar-refractivity contribution >= 4 is 16.7 Å². The first-order chi connectivity index (χ1) is 7.81. The quantitative estimate of drug-likeness (QED) is 0.738. The molecule has 0 N–H and O–H groups in total. The van der Waals surface area contributed by atoms with E-state index in [4.69, 9.17) is 0 Å². The molecule has 2 rings (SSSR count). The van der Waals surface area contributed by atoms with E-state index in [-0.39, 0.29) is 5.97 Å². The number of nitrogens with zero attached hydrogens (tertiary/aromatic N) is 1. The second-order valence-electron chi connectivity index (χ2n) is 3.55. The zero-order valence-corrected chi connectivity index (χ0v) is 9.14. The minimum atomic E-state index is -0.199. The first kappa shape index (κ1) is 10.6. The van der Waals surface area contributed by atoms with Gasteiger partial charge in [0.25, 0.3) is 0 Å². The van der Waals surface area contributed by atoms with Crippen LogP contribution in [-0.4, -0.2) is 18.1 Å². The van der Waals surface area contributed by atoms with Crippen LogP contribution in [0.25, 0.3) is 10.8 Å². The molecule has 0 aliphatic carbocycles. The molecule has 0 spiro atoms. The van der Waals surface area contributed by atoms with Crippen LogP contribution in [-0.2, 0) is 16.0 Å². The van der Waals surface area contributed by atoms with Crippen LogP contribution in [0.4, 0.5) is 0 Å². The number of ether oxygens (including phenoxy) is 1. The summed E-state index contributed by atoms with van der Waals surface area (Å²) in [4.78, 5) is 15.4. The standard InChI is InChI=1S/C13H13NO2/c1-16-13(15)7-6-12-11-5-3-2-4-10(11)8-9-14-12/h2-5,8-9H,6-7H2,1H3. The summed E-state index contributed by atoms with van der Waals surface area (Å²) in [5.74, 6) is -0.199. The SMILES string of the molecule is COC(=O)CCc1nccc2ccccc12. The number of rotatable bonds is 3. The normalized spacial score (nSPS) is 10.3. The molecule has 0 fully saturated rings. The number of carbonyl (C=O) groups excluding carboxylic acids is 1. The number of hydrogen-bond donors (Lipinski definition) is 0. The van der Waals surface area contributed by atoms with Crippen molar-refractivity contribution in [2.75, 3.05) is 7.11 Å². The predicted molar refractivity (Wildman–Crippen MR) is 62.1 cm³/mol. The molecule has 2 aromatic rings. The molecule has 0 bridgehead atoms. The smallest absolute Gasteiger partial charge is 0.305 e. The van der Waals surface area contributed by atoms with Gasteiger partial charge in [-0.05, 0) is 11.5 Å². The average Bonchev–Trinajstić information content (AvgIpc) is 2.35. The van der Waals surface area contributed by atoms with E-state index in [9.17, 15) is 4.79 Å². The Morgan fingerprint density at radius 3 is 2.94 bits per heavy atom. The largest absolute Gasteiger partial charge is 0.469 e. The summed E-state index contributed by atoms with van der Waals surface area (Å²) in [6.07, 6.45) is 2.76. The van der Waals surface area contributed by atoms with Gasteiger partial charge in [0.2, 0.25) is 0 Å². The summed E-state index contributed by atoms with van der Waals surface area (Å²) in [5, 5.41) is 2.26. The van der Waals surface area contributed by atoms with Crippen LogP contribution in [0.2, 0.25) is 0 Å². The number of aromatic nitrogens is 1. The molecule has 3 heteroatoms. The van der Waals surface area contributed by atoms with Crippen LogP contribution < -0.4 is 0 Å². The summed E-state index contributed by atoms with van der Waals surface area (Å²) in [6.45, 7) is 0. The first-order valence-electron chi connectivity index (χ1n) is 5.20. The molecule has 3 nitrogen and oxygen atoms in total. The number of fused-ring (bicyclic) bond motifs is 1. The highest BCUT2D eigenvalue weighted by atomic mass is 16.5. The summed E-state index contributed by atoms with van der Waals surface area (Å²) in [7, 11) is 1.40. The van der Waals surface area contributed by atoms with Gasteiger partial charge in [-0.25, -0.2) is 0 Å². The van der Waals surface area contributed by atoms with Gasteiger partial charge < -0.3 is 4.74 Å². The monoisotopic (exact) mass is 215 g/mol. The van der Waals surface area contributed by atoms with E-state index in [0.29, 0.717) is 12.8 Å². The van der Waals surface area contributed by atoms with Crippen LogP contribution in [0, 0.1) is 0 Å². The lowest BCUT2D eigenvalue weighted by Gasteiger charge is -2.04. The van der Waals surface area contributed by atoms with Crippen LogP contribution in [0.5, 0.6) is 0 Å². The Morgan fingerprint density at radius 1 is 1.31 bits per heavy atom. The second kappa shape index (κ2) is 4.75. The molecule has 0 saturated carbocycles. The molecule has 82 valence electrons. The molecule has 0 atom stereocenters. The Labute approximate surface area is 94.1 Å². The van der Waals surface area contributed by atoms with E-state index >= 15 is 0 Å². The second-order valence-corrected chi connectivity index (χ2v) is 3.55. The number of esters is 1. The molecular weight excluding hydrogens is 202 g/mol. The Hall–Kier alpha value is -1.90. The maximum absolute atomic E-state index is 11.1. The molecule has 0 saturated heterocycles. The molecule has 0 radical (unpaired) electrons. The summed E-state index contributed by atoms with van der Waals surface area (Å²) < 4.78 is 4.62. The molecule has 0 aliphatic rings. The van der Waals surface area contributed by atoms with Crippen LogP contribution in [0.3, 0.4) is 0 Å². The van der Waals surface area contributed by atoms with E-state index in [1.54, 1.807) is 6.20 Å². The lowest BCUT2D eigenvalue weighted by Crippen LogP contribution is -2.03. The van der Waals surface area contributed by atoms with Crippen molar-refractivity contribution in [3.05, 3.63) is 42.2 Å². The van der Waals surface area contributed by atoms with Crippen molar-refractivity contribution in [3.63, 3.8) is 0 Å². The lowest BCUT2D eigenvalue weighted by atomic mass is 10.1. The average molecular weight is 215 g/mol. The van der Waals surface area contributed by atoms with Gasteiger partial charge in [-0.15, -0.1) is 0 Å². The molecular formula is C13H13NO2. The molecule has 16 heavy (non-hydrogen) atoms. The van der Waals surface area contributed by atoms with Crippen molar-refractivity contribution in [1.29, 1.82) is 0 Å². The Balaban J connectivity index is 2.27. The topological polar surface area (TPSA) is 39.2 Å². The zero-order chi connectivity index (χ0) is 11.4. The predicted octanol–water partition coefficient (Wildman–Crippen LogP) is 2.34. The van der Waals surface area contributed by atoms with Crippen LogP contribution in [0.1, 0.15) is 12.1 Å². The number of hydrogen-bond acceptors (Lipinski definition) is 3. The Bertz CT molecular complexity index is 503. The summed E-state index contributed by atoms with van der Waals surface area (Å²) in [5.41, 5.74) is 0.948. The van der Waals surface area contributed by atoms with Crippen LogP contribution >= 0.6 is 0 Å². The number of benzene rings is 1. The van der Waals surface area contributed by atoms with E-state index in [1.807, 2.05) is 30.3 Å². The zero-order valence-electron chi connectivity index (χ0n) is 9.14. The van der Waals surface area contributed by atoms with Gasteiger partial charge in [-0.1, -0.05) is 24.3 Å². The van der Waals surface area contributed by atoms with Gasteiger partial charge in [0, 0.05) is 23.7 Å². The van der Waals surface area contributed by atoms with Gasteiger partial charge in [-0.2, -0.15) is 0 Å². The fraction of sp³-hybridized carbons (Fsp3) is 0.231. The van der Waals surface area contributed by atoms with E-state index < -0.39 is 0 Å². The number of methoxy groups -OCH3 is 1. The fourth-order valence-corrected chi connectivity index (χ4v) is 1.70. The van der Waals surface area contributed by atoms with Crippen molar-refractivity contribution in [2.24, 2.45) is 0 Å². The first-order valence-corrected chi connectivity index (χ1v) is 5.20. The van der Waals surface area contributed by atoms with Crippen molar-refractivity contribution in [1.82, 2.24) is 4.98 Å². The molecule has 0 amide bonds. The lowest BCUT2D eigenvalue weighted by molar-refractivity contribution is -0.140. The highest BCUT2D eigenvalue weighted by Gasteiger charge is 2.05. The fourth-order valence-electron chi connectivity index (χ4n) is 1.70. The third-order valence-corrected chi connectivity index (χ3v) is 2.55. The maximum Gasteiger partial charge on any atom is 0.305 e. The van der Waals surface area contributed by atoms with Gasteiger partial charge in [0.15, 0.2) is 0 Å². The minimum absolute atomic E-state index is 0.199. The van der Waals surface area contributed by atoms with Gasteiger partial charge in [-0.3, -0.25) is 9.78 Å². The maximum atomic E-state index is 11.1. The number of carbonyl (C=O) groups is 1. The highest BCUT2D eigenvalue weighted by molar-refractivity contribution is 5.84. The minimum Gasteiger partial charge on any atom is -0.469 e. The summed E-state index contributed by atoms with van der Waals surface area (Å²) >= 11 is 0. The molecule has 1 aromatic carbocycles. The van der Waals surface area contributed by atoms with Gasteiger partial charge in [0.05, 0.1) is 13.5 Å². The molecule has 0 unspecified atom stereocenters. The molecule has 0 aliphatic heterocycles. The van der Waals surface area contributed by atoms with E-state index in [2.05, 4.69) is 9.72 Å². The van der Waals surface area contributed by atoms with Crippen molar-refractivity contribution in [3.8, 4) is 0 Å². The van der Waals surface area contributed by atoms with Crippen LogP contribution in [0.15, 0.2) is 36.5 Å².